The average Bonchev–Trinajstić information content (AvgIpc) is 2.25. The normalized spacial score (nSPS) is 13.3. The molecule has 0 aliphatic rings. The Labute approximate surface area is 103 Å². The molecule has 1 N–H and O–H groups in total. The summed E-state index contributed by atoms with van der Waals surface area (Å²) in [6.07, 6.45) is 6.52. The van der Waals surface area contributed by atoms with Gasteiger partial charge in [-0.1, -0.05) is 33.6 Å². The second-order valence-electron chi connectivity index (χ2n) is 4.97. The van der Waals surface area contributed by atoms with Gasteiger partial charge in [0.15, 0.2) is 0 Å². The van der Waals surface area contributed by atoms with Crippen molar-refractivity contribution >= 4 is 0 Å². The number of nitrogens with one attached hydrogen (secondary N) is 1. The van der Waals surface area contributed by atoms with Crippen LogP contribution in [0.15, 0.2) is 0 Å². The third kappa shape index (κ3) is 9.17. The van der Waals surface area contributed by atoms with Gasteiger partial charge in [-0.2, -0.15) is 0 Å². The predicted molar refractivity (Wildman–Crippen MR) is 74.0 cm³/mol. The minimum atomic E-state index is 0.832. The first kappa shape index (κ1) is 15.9. The summed E-state index contributed by atoms with van der Waals surface area (Å²) in [6, 6.07) is 0. The SMILES string of the molecule is CCCCNCC(CCC)CN(C)CCC. The topological polar surface area (TPSA) is 15.3 Å². The fourth-order valence-corrected chi connectivity index (χ4v) is 2.19. The van der Waals surface area contributed by atoms with Gasteiger partial charge >= 0.3 is 0 Å². The highest BCUT2D eigenvalue weighted by Crippen LogP contribution is 2.07. The van der Waals surface area contributed by atoms with Gasteiger partial charge in [-0.3, -0.25) is 0 Å². The van der Waals surface area contributed by atoms with E-state index in [4.69, 9.17) is 0 Å². The molecule has 2 nitrogen and oxygen atoms in total. The van der Waals surface area contributed by atoms with Crippen molar-refractivity contribution in [2.45, 2.75) is 52.9 Å². The fourth-order valence-electron chi connectivity index (χ4n) is 2.19. The zero-order chi connectivity index (χ0) is 12.2. The van der Waals surface area contributed by atoms with Crippen molar-refractivity contribution in [3.63, 3.8) is 0 Å². The zero-order valence-corrected chi connectivity index (χ0v) is 11.9. The minimum absolute atomic E-state index is 0.832. The van der Waals surface area contributed by atoms with Crippen LogP contribution >= 0.6 is 0 Å². The molecular formula is C14H32N2. The molecule has 1 atom stereocenters. The molecule has 0 saturated heterocycles. The second kappa shape index (κ2) is 11.4. The second-order valence-corrected chi connectivity index (χ2v) is 4.97. The fraction of sp³-hybridized carbons (Fsp3) is 1.00. The molecule has 0 saturated carbocycles. The van der Waals surface area contributed by atoms with Crippen molar-refractivity contribution in [1.29, 1.82) is 0 Å². The van der Waals surface area contributed by atoms with Crippen molar-refractivity contribution < 1.29 is 0 Å². The number of hydrogen-bond donors (Lipinski definition) is 1. The van der Waals surface area contributed by atoms with Crippen LogP contribution in [-0.2, 0) is 0 Å². The molecule has 1 unspecified atom stereocenters. The number of hydrogen-bond acceptors (Lipinski definition) is 2. The molecule has 16 heavy (non-hydrogen) atoms. The maximum atomic E-state index is 3.59. The lowest BCUT2D eigenvalue weighted by molar-refractivity contribution is 0.261. The lowest BCUT2D eigenvalue weighted by Gasteiger charge is -2.23. The summed E-state index contributed by atoms with van der Waals surface area (Å²) < 4.78 is 0. The third-order valence-corrected chi connectivity index (χ3v) is 3.01. The van der Waals surface area contributed by atoms with Gasteiger partial charge in [0.05, 0.1) is 0 Å². The van der Waals surface area contributed by atoms with E-state index in [-0.39, 0.29) is 0 Å². The summed E-state index contributed by atoms with van der Waals surface area (Å²) in [7, 11) is 2.25. The van der Waals surface area contributed by atoms with Gasteiger partial charge in [-0.15, -0.1) is 0 Å². The van der Waals surface area contributed by atoms with Gasteiger partial charge in [0.25, 0.3) is 0 Å². The summed E-state index contributed by atoms with van der Waals surface area (Å²) in [6.45, 7) is 11.7. The monoisotopic (exact) mass is 228 g/mol. The van der Waals surface area contributed by atoms with Gasteiger partial charge < -0.3 is 10.2 Å². The molecule has 0 radical (unpaired) electrons. The summed E-state index contributed by atoms with van der Waals surface area (Å²) in [5.74, 6) is 0.832. The van der Waals surface area contributed by atoms with Crippen LogP contribution in [-0.4, -0.2) is 38.1 Å². The molecule has 0 amide bonds. The number of nitrogens with zero attached hydrogens (tertiary/aromatic N) is 1. The number of unbranched alkanes of at least 4 members (excludes halogenated alkanes) is 1. The van der Waals surface area contributed by atoms with Gasteiger partial charge in [0.2, 0.25) is 0 Å². The average molecular weight is 228 g/mol. The van der Waals surface area contributed by atoms with E-state index in [1.807, 2.05) is 0 Å². The summed E-state index contributed by atoms with van der Waals surface area (Å²) in [4.78, 5) is 2.47. The summed E-state index contributed by atoms with van der Waals surface area (Å²) in [5, 5.41) is 3.59. The predicted octanol–water partition coefficient (Wildman–Crippen LogP) is 3.13. The Bertz CT molecular complexity index is 137. The quantitative estimate of drug-likeness (QED) is 0.547. The van der Waals surface area contributed by atoms with E-state index in [1.165, 1.54) is 58.3 Å². The van der Waals surface area contributed by atoms with Crippen molar-refractivity contribution in [3.8, 4) is 0 Å². The first-order chi connectivity index (χ1) is 7.74. The van der Waals surface area contributed by atoms with Crippen LogP contribution in [0.3, 0.4) is 0 Å². The van der Waals surface area contributed by atoms with Crippen LogP contribution in [0.5, 0.6) is 0 Å². The summed E-state index contributed by atoms with van der Waals surface area (Å²) >= 11 is 0. The molecule has 0 aromatic rings. The van der Waals surface area contributed by atoms with Gasteiger partial charge in [-0.25, -0.2) is 0 Å². The smallest absolute Gasteiger partial charge is 0.00187 e. The van der Waals surface area contributed by atoms with Crippen LogP contribution in [0.4, 0.5) is 0 Å². The Morgan fingerprint density at radius 1 is 1.06 bits per heavy atom. The largest absolute Gasteiger partial charge is 0.316 e. The third-order valence-electron chi connectivity index (χ3n) is 3.01. The highest BCUT2D eigenvalue weighted by atomic mass is 15.1. The van der Waals surface area contributed by atoms with Gasteiger partial charge in [-0.05, 0) is 51.9 Å². The van der Waals surface area contributed by atoms with Crippen molar-refractivity contribution in [2.24, 2.45) is 5.92 Å². The molecule has 98 valence electrons. The first-order valence-corrected chi connectivity index (χ1v) is 7.13. The van der Waals surface area contributed by atoms with E-state index in [2.05, 4.69) is 38.0 Å². The molecule has 2 heteroatoms. The van der Waals surface area contributed by atoms with E-state index in [1.54, 1.807) is 0 Å². The van der Waals surface area contributed by atoms with E-state index >= 15 is 0 Å². The summed E-state index contributed by atoms with van der Waals surface area (Å²) in [5.41, 5.74) is 0. The highest BCUT2D eigenvalue weighted by Gasteiger charge is 2.09. The maximum absolute atomic E-state index is 3.59. The molecule has 0 bridgehead atoms. The van der Waals surface area contributed by atoms with Crippen molar-refractivity contribution in [3.05, 3.63) is 0 Å². The molecular weight excluding hydrogens is 196 g/mol. The molecule has 0 aliphatic heterocycles. The Morgan fingerprint density at radius 2 is 1.81 bits per heavy atom. The molecule has 0 aromatic carbocycles. The highest BCUT2D eigenvalue weighted by molar-refractivity contribution is 4.66. The van der Waals surface area contributed by atoms with E-state index in [9.17, 15) is 0 Å². The van der Waals surface area contributed by atoms with E-state index in [0.29, 0.717) is 0 Å². The first-order valence-electron chi connectivity index (χ1n) is 7.13. The maximum Gasteiger partial charge on any atom is 0.00187 e. The Kier molecular flexibility index (Phi) is 11.3. The minimum Gasteiger partial charge on any atom is -0.316 e. The molecule has 0 aromatic heterocycles. The van der Waals surface area contributed by atoms with Crippen LogP contribution in [0.2, 0.25) is 0 Å². The Balaban J connectivity index is 3.68. The van der Waals surface area contributed by atoms with Crippen molar-refractivity contribution in [1.82, 2.24) is 10.2 Å². The van der Waals surface area contributed by atoms with E-state index in [0.717, 1.165) is 5.92 Å². The van der Waals surface area contributed by atoms with Crippen molar-refractivity contribution in [2.75, 3.05) is 33.2 Å². The molecule has 0 aliphatic carbocycles. The van der Waals surface area contributed by atoms with Crippen LogP contribution in [0.1, 0.15) is 52.9 Å². The zero-order valence-electron chi connectivity index (χ0n) is 11.9. The number of rotatable bonds is 11. The lowest BCUT2D eigenvalue weighted by atomic mass is 10.0. The van der Waals surface area contributed by atoms with Gasteiger partial charge in [0.1, 0.15) is 0 Å². The van der Waals surface area contributed by atoms with E-state index < -0.39 is 0 Å². The van der Waals surface area contributed by atoms with Crippen LogP contribution < -0.4 is 5.32 Å². The van der Waals surface area contributed by atoms with Crippen LogP contribution in [0, 0.1) is 5.92 Å². The molecule has 0 rings (SSSR count). The molecule has 0 spiro atoms. The lowest BCUT2D eigenvalue weighted by Crippen LogP contribution is -2.33. The van der Waals surface area contributed by atoms with Gasteiger partial charge in [0, 0.05) is 6.54 Å². The molecule has 0 fully saturated rings. The Morgan fingerprint density at radius 3 is 2.38 bits per heavy atom. The molecule has 0 heterocycles. The Hall–Kier alpha value is -0.0800. The standard InChI is InChI=1S/C14H32N2/c1-5-8-10-15-12-14(9-6-2)13-16(4)11-7-3/h14-15H,5-13H2,1-4H3. The van der Waals surface area contributed by atoms with Crippen LogP contribution in [0.25, 0.3) is 0 Å².